The molecule has 0 unspecified atom stereocenters. The van der Waals surface area contributed by atoms with Gasteiger partial charge in [0.1, 0.15) is 17.2 Å². The molecule has 1 amide bonds. The van der Waals surface area contributed by atoms with E-state index in [-0.39, 0.29) is 10.0 Å². The third-order valence-corrected chi connectivity index (χ3v) is 3.82. The van der Waals surface area contributed by atoms with E-state index in [1.807, 2.05) is 0 Å². The number of carbonyl (C=O) groups excluding carboxylic acids is 1. The SMILES string of the molecule is CC(C)(C)OC(=O)N1CC=C(c2cc(F)c(Br)cc2F)CC1. The molecular weight excluding hydrogens is 356 g/mol. The van der Waals surface area contributed by atoms with Gasteiger partial charge in [0.15, 0.2) is 0 Å². The fraction of sp³-hybridized carbons (Fsp3) is 0.438. The molecule has 0 saturated heterocycles. The molecule has 22 heavy (non-hydrogen) atoms. The van der Waals surface area contributed by atoms with Crippen LogP contribution in [0.1, 0.15) is 32.8 Å². The van der Waals surface area contributed by atoms with Gasteiger partial charge in [0.25, 0.3) is 0 Å². The van der Waals surface area contributed by atoms with Crippen LogP contribution in [0.2, 0.25) is 0 Å². The molecule has 3 nitrogen and oxygen atoms in total. The minimum Gasteiger partial charge on any atom is -0.444 e. The first-order valence-corrected chi connectivity index (χ1v) is 7.78. The fourth-order valence-corrected chi connectivity index (χ4v) is 2.49. The van der Waals surface area contributed by atoms with Gasteiger partial charge >= 0.3 is 6.09 Å². The molecule has 2 rings (SSSR count). The molecule has 0 saturated carbocycles. The number of rotatable bonds is 1. The lowest BCUT2D eigenvalue weighted by atomic mass is 9.99. The number of carbonyl (C=O) groups is 1. The normalized spacial score (nSPS) is 15.5. The Kier molecular flexibility index (Phi) is 4.90. The van der Waals surface area contributed by atoms with Gasteiger partial charge in [-0.1, -0.05) is 6.08 Å². The van der Waals surface area contributed by atoms with E-state index in [1.54, 1.807) is 31.7 Å². The zero-order valence-corrected chi connectivity index (χ0v) is 14.3. The quantitative estimate of drug-likeness (QED) is 0.664. The molecule has 1 aliphatic rings. The number of halogens is 3. The Morgan fingerprint density at radius 2 is 1.95 bits per heavy atom. The summed E-state index contributed by atoms with van der Waals surface area (Å²) < 4.78 is 32.9. The average molecular weight is 374 g/mol. The first-order chi connectivity index (χ1) is 10.2. The highest BCUT2D eigenvalue weighted by molar-refractivity contribution is 9.10. The van der Waals surface area contributed by atoms with Crippen molar-refractivity contribution in [2.24, 2.45) is 0 Å². The van der Waals surface area contributed by atoms with Crippen LogP contribution in [0.5, 0.6) is 0 Å². The maximum atomic E-state index is 14.0. The second-order valence-corrected chi connectivity index (χ2v) is 7.01. The Balaban J connectivity index is 2.12. The summed E-state index contributed by atoms with van der Waals surface area (Å²) in [6, 6.07) is 2.29. The van der Waals surface area contributed by atoms with Crippen molar-refractivity contribution >= 4 is 27.6 Å². The van der Waals surface area contributed by atoms with E-state index in [1.165, 1.54) is 6.07 Å². The Hall–Kier alpha value is -1.43. The molecule has 1 aliphatic heterocycles. The molecule has 0 N–H and O–H groups in total. The van der Waals surface area contributed by atoms with E-state index in [0.29, 0.717) is 25.1 Å². The van der Waals surface area contributed by atoms with Crippen LogP contribution in [0.4, 0.5) is 13.6 Å². The summed E-state index contributed by atoms with van der Waals surface area (Å²) in [4.78, 5) is 13.5. The highest BCUT2D eigenvalue weighted by atomic mass is 79.9. The Bertz CT molecular complexity index is 623. The highest BCUT2D eigenvalue weighted by Crippen LogP contribution is 2.29. The summed E-state index contributed by atoms with van der Waals surface area (Å²) in [7, 11) is 0. The van der Waals surface area contributed by atoms with Crippen LogP contribution >= 0.6 is 15.9 Å². The van der Waals surface area contributed by atoms with Crippen LogP contribution < -0.4 is 0 Å². The van der Waals surface area contributed by atoms with E-state index in [0.717, 1.165) is 6.07 Å². The smallest absolute Gasteiger partial charge is 0.410 e. The molecule has 0 radical (unpaired) electrons. The van der Waals surface area contributed by atoms with Gasteiger partial charge in [0, 0.05) is 18.7 Å². The maximum Gasteiger partial charge on any atom is 0.410 e. The van der Waals surface area contributed by atoms with Crippen molar-refractivity contribution in [2.75, 3.05) is 13.1 Å². The Morgan fingerprint density at radius 1 is 1.27 bits per heavy atom. The van der Waals surface area contributed by atoms with Crippen molar-refractivity contribution in [1.29, 1.82) is 0 Å². The van der Waals surface area contributed by atoms with Gasteiger partial charge in [-0.15, -0.1) is 0 Å². The van der Waals surface area contributed by atoms with Crippen molar-refractivity contribution in [3.05, 3.63) is 39.9 Å². The first kappa shape index (κ1) is 16.9. The monoisotopic (exact) mass is 373 g/mol. The largest absolute Gasteiger partial charge is 0.444 e. The zero-order chi connectivity index (χ0) is 16.5. The molecule has 1 aromatic rings. The molecule has 0 atom stereocenters. The second-order valence-electron chi connectivity index (χ2n) is 6.15. The number of ether oxygens (including phenoxy) is 1. The molecule has 1 heterocycles. The van der Waals surface area contributed by atoms with Crippen LogP contribution in [0.15, 0.2) is 22.7 Å². The number of benzene rings is 1. The van der Waals surface area contributed by atoms with Crippen molar-refractivity contribution in [3.8, 4) is 0 Å². The minimum absolute atomic E-state index is 0.0977. The lowest BCUT2D eigenvalue weighted by molar-refractivity contribution is 0.0270. The molecular formula is C16H18BrF2NO2. The number of hydrogen-bond donors (Lipinski definition) is 0. The topological polar surface area (TPSA) is 29.5 Å². The predicted molar refractivity (Wildman–Crippen MR) is 84.5 cm³/mol. The Labute approximate surface area is 137 Å². The zero-order valence-electron chi connectivity index (χ0n) is 12.8. The van der Waals surface area contributed by atoms with Crippen LogP contribution in [0.3, 0.4) is 0 Å². The van der Waals surface area contributed by atoms with Crippen LogP contribution in [0.25, 0.3) is 5.57 Å². The van der Waals surface area contributed by atoms with Gasteiger partial charge < -0.3 is 9.64 Å². The van der Waals surface area contributed by atoms with Gasteiger partial charge in [-0.2, -0.15) is 0 Å². The van der Waals surface area contributed by atoms with Crippen molar-refractivity contribution < 1.29 is 18.3 Å². The van der Waals surface area contributed by atoms with Gasteiger partial charge in [0.2, 0.25) is 0 Å². The van der Waals surface area contributed by atoms with Gasteiger partial charge in [0.05, 0.1) is 4.47 Å². The average Bonchev–Trinajstić information content (AvgIpc) is 2.41. The molecule has 6 heteroatoms. The summed E-state index contributed by atoms with van der Waals surface area (Å²) in [5.41, 5.74) is 0.385. The lowest BCUT2D eigenvalue weighted by Crippen LogP contribution is -2.39. The number of hydrogen-bond acceptors (Lipinski definition) is 2. The van der Waals surface area contributed by atoms with E-state index >= 15 is 0 Å². The second kappa shape index (κ2) is 6.36. The standard InChI is InChI=1S/C16H18BrF2NO2/c1-16(2,3)22-15(21)20-6-4-10(5-7-20)11-8-14(19)12(17)9-13(11)18/h4,8-9H,5-7H2,1-3H3. The molecule has 0 spiro atoms. The minimum atomic E-state index is -0.554. The third kappa shape index (κ3) is 4.06. The van der Waals surface area contributed by atoms with Gasteiger partial charge in [-0.05, 0) is 60.8 Å². The van der Waals surface area contributed by atoms with Crippen molar-refractivity contribution in [1.82, 2.24) is 4.90 Å². The summed E-state index contributed by atoms with van der Waals surface area (Å²) >= 11 is 2.96. The highest BCUT2D eigenvalue weighted by Gasteiger charge is 2.24. The van der Waals surface area contributed by atoms with Crippen LogP contribution in [0, 0.1) is 11.6 Å². The molecule has 120 valence electrons. The molecule has 0 aromatic heterocycles. The first-order valence-electron chi connectivity index (χ1n) is 6.99. The van der Waals surface area contributed by atoms with E-state index in [2.05, 4.69) is 15.9 Å². The van der Waals surface area contributed by atoms with Crippen molar-refractivity contribution in [2.45, 2.75) is 32.8 Å². The maximum absolute atomic E-state index is 14.0. The van der Waals surface area contributed by atoms with E-state index < -0.39 is 23.3 Å². The van der Waals surface area contributed by atoms with Crippen LogP contribution in [-0.4, -0.2) is 29.7 Å². The summed E-state index contributed by atoms with van der Waals surface area (Å²) in [5.74, 6) is -0.989. The Morgan fingerprint density at radius 3 is 2.50 bits per heavy atom. The molecule has 0 fully saturated rings. The number of amides is 1. The van der Waals surface area contributed by atoms with Crippen molar-refractivity contribution in [3.63, 3.8) is 0 Å². The summed E-state index contributed by atoms with van der Waals surface area (Å²) in [6.45, 7) is 6.14. The lowest BCUT2D eigenvalue weighted by Gasteiger charge is -2.29. The fourth-order valence-electron chi connectivity index (χ4n) is 2.17. The number of nitrogens with zero attached hydrogens (tertiary/aromatic N) is 1. The summed E-state index contributed by atoms with van der Waals surface area (Å²) in [5, 5.41) is 0. The van der Waals surface area contributed by atoms with Gasteiger partial charge in [-0.3, -0.25) is 0 Å². The van der Waals surface area contributed by atoms with Crippen LogP contribution in [-0.2, 0) is 4.74 Å². The summed E-state index contributed by atoms with van der Waals surface area (Å²) in [6.07, 6.45) is 1.79. The molecule has 0 bridgehead atoms. The molecule has 0 aliphatic carbocycles. The van der Waals surface area contributed by atoms with E-state index in [4.69, 9.17) is 4.74 Å². The molecule has 1 aromatic carbocycles. The predicted octanol–water partition coefficient (Wildman–Crippen LogP) is 4.75. The van der Waals surface area contributed by atoms with E-state index in [9.17, 15) is 13.6 Å². The van der Waals surface area contributed by atoms with Gasteiger partial charge in [-0.25, -0.2) is 13.6 Å². The third-order valence-electron chi connectivity index (χ3n) is 3.22.